The van der Waals surface area contributed by atoms with Crippen molar-refractivity contribution >= 4 is 29.5 Å². The van der Waals surface area contributed by atoms with Gasteiger partial charge in [0.25, 0.3) is 11.8 Å². The Morgan fingerprint density at radius 1 is 0.969 bits per heavy atom. The van der Waals surface area contributed by atoms with Crippen LogP contribution in [0.4, 0.5) is 0 Å². The Bertz CT molecular complexity index is 1130. The van der Waals surface area contributed by atoms with E-state index in [1.807, 2.05) is 37.3 Å². The summed E-state index contributed by atoms with van der Waals surface area (Å²) in [6.07, 6.45) is 1.56. The lowest BCUT2D eigenvalue weighted by Gasteiger charge is -2.27. The third-order valence-corrected chi connectivity index (χ3v) is 5.38. The molecule has 0 unspecified atom stereocenters. The SMILES string of the molecule is Cc1ccc(C(=O)N/C(=C/c2ccc(-c3ccc(Cl)cc3)o2)C(=O)N2CCOCC2)cc1. The van der Waals surface area contributed by atoms with Crippen LogP contribution in [0.5, 0.6) is 0 Å². The monoisotopic (exact) mass is 450 g/mol. The number of amides is 2. The van der Waals surface area contributed by atoms with Crippen LogP contribution >= 0.6 is 11.6 Å². The molecule has 2 heterocycles. The van der Waals surface area contributed by atoms with Gasteiger partial charge >= 0.3 is 0 Å². The minimum atomic E-state index is -0.359. The van der Waals surface area contributed by atoms with Gasteiger partial charge in [-0.3, -0.25) is 9.59 Å². The molecule has 0 radical (unpaired) electrons. The molecule has 1 aromatic heterocycles. The number of hydrogen-bond donors (Lipinski definition) is 1. The summed E-state index contributed by atoms with van der Waals surface area (Å²) in [7, 11) is 0. The standard InChI is InChI=1S/C25H23ClN2O4/c1-17-2-4-19(5-3-17)24(29)27-22(25(30)28-12-14-31-15-13-28)16-21-10-11-23(32-21)18-6-8-20(26)9-7-18/h2-11,16H,12-15H2,1H3,(H,27,29)/b22-16+. The van der Waals surface area contributed by atoms with Crippen LogP contribution in [-0.2, 0) is 9.53 Å². The average molecular weight is 451 g/mol. The first kappa shape index (κ1) is 21.9. The average Bonchev–Trinajstić information content (AvgIpc) is 3.28. The molecule has 0 spiro atoms. The molecule has 2 aromatic carbocycles. The minimum Gasteiger partial charge on any atom is -0.457 e. The molecular formula is C25H23ClN2O4. The highest BCUT2D eigenvalue weighted by molar-refractivity contribution is 6.30. The molecule has 0 atom stereocenters. The van der Waals surface area contributed by atoms with E-state index in [1.54, 1.807) is 41.3 Å². The summed E-state index contributed by atoms with van der Waals surface area (Å²) in [5.74, 6) is 0.451. The smallest absolute Gasteiger partial charge is 0.270 e. The quantitative estimate of drug-likeness (QED) is 0.579. The van der Waals surface area contributed by atoms with Gasteiger partial charge in [-0.2, -0.15) is 0 Å². The summed E-state index contributed by atoms with van der Waals surface area (Å²) in [5.41, 5.74) is 2.53. The fourth-order valence-electron chi connectivity index (χ4n) is 3.33. The maximum absolute atomic E-state index is 13.2. The summed E-state index contributed by atoms with van der Waals surface area (Å²) >= 11 is 5.96. The number of nitrogens with one attached hydrogen (secondary N) is 1. The second-order valence-corrected chi connectivity index (χ2v) is 7.93. The molecule has 1 N–H and O–H groups in total. The van der Waals surface area contributed by atoms with Crippen molar-refractivity contribution < 1.29 is 18.7 Å². The van der Waals surface area contributed by atoms with E-state index in [0.29, 0.717) is 48.4 Å². The minimum absolute atomic E-state index is 0.148. The Hall–Kier alpha value is -3.35. The molecule has 6 nitrogen and oxygen atoms in total. The molecule has 0 bridgehead atoms. The van der Waals surface area contributed by atoms with Gasteiger partial charge in [0.15, 0.2) is 0 Å². The van der Waals surface area contributed by atoms with E-state index in [9.17, 15) is 9.59 Å². The molecule has 1 fully saturated rings. The number of carbonyl (C=O) groups is 2. The predicted molar refractivity (Wildman–Crippen MR) is 123 cm³/mol. The van der Waals surface area contributed by atoms with Crippen LogP contribution in [0.3, 0.4) is 0 Å². The highest BCUT2D eigenvalue weighted by Crippen LogP contribution is 2.25. The lowest BCUT2D eigenvalue weighted by Crippen LogP contribution is -2.44. The Kier molecular flexibility index (Phi) is 6.73. The molecule has 4 rings (SSSR count). The van der Waals surface area contributed by atoms with Crippen LogP contribution in [0.1, 0.15) is 21.7 Å². The van der Waals surface area contributed by atoms with Crippen LogP contribution in [0.25, 0.3) is 17.4 Å². The molecule has 1 saturated heterocycles. The van der Waals surface area contributed by atoms with Gasteiger partial charge in [0, 0.05) is 35.3 Å². The van der Waals surface area contributed by atoms with Gasteiger partial charge in [0.1, 0.15) is 17.2 Å². The summed E-state index contributed by atoms with van der Waals surface area (Å²) in [6, 6.07) is 18.0. The van der Waals surface area contributed by atoms with E-state index in [4.69, 9.17) is 20.8 Å². The van der Waals surface area contributed by atoms with Crippen LogP contribution in [-0.4, -0.2) is 43.0 Å². The third kappa shape index (κ3) is 5.28. The van der Waals surface area contributed by atoms with Gasteiger partial charge in [-0.05, 0) is 55.5 Å². The Morgan fingerprint density at radius 3 is 2.34 bits per heavy atom. The number of hydrogen-bond acceptors (Lipinski definition) is 4. The van der Waals surface area contributed by atoms with Crippen molar-refractivity contribution in [2.24, 2.45) is 0 Å². The normalized spacial score (nSPS) is 14.3. The van der Waals surface area contributed by atoms with Crippen LogP contribution in [0.15, 0.2) is 70.8 Å². The Labute approximate surface area is 191 Å². The topological polar surface area (TPSA) is 71.8 Å². The van der Waals surface area contributed by atoms with Crippen molar-refractivity contribution in [1.82, 2.24) is 10.2 Å². The van der Waals surface area contributed by atoms with Gasteiger partial charge in [0.2, 0.25) is 0 Å². The van der Waals surface area contributed by atoms with Gasteiger partial charge in [-0.15, -0.1) is 0 Å². The molecule has 32 heavy (non-hydrogen) atoms. The summed E-state index contributed by atoms with van der Waals surface area (Å²) < 4.78 is 11.3. The molecule has 3 aromatic rings. The zero-order chi connectivity index (χ0) is 22.5. The van der Waals surface area contributed by atoms with Crippen LogP contribution in [0.2, 0.25) is 5.02 Å². The van der Waals surface area contributed by atoms with E-state index >= 15 is 0 Å². The van der Waals surface area contributed by atoms with Gasteiger partial charge in [0.05, 0.1) is 13.2 Å². The first-order valence-electron chi connectivity index (χ1n) is 10.3. The number of benzene rings is 2. The molecule has 1 aliphatic heterocycles. The predicted octanol–water partition coefficient (Wildman–Crippen LogP) is 4.54. The van der Waals surface area contributed by atoms with E-state index in [1.165, 1.54) is 0 Å². The number of morpholine rings is 1. The number of halogens is 1. The third-order valence-electron chi connectivity index (χ3n) is 5.13. The van der Waals surface area contributed by atoms with Crippen molar-refractivity contribution in [1.29, 1.82) is 0 Å². The van der Waals surface area contributed by atoms with Crippen LogP contribution in [0, 0.1) is 6.92 Å². The maximum atomic E-state index is 13.2. The lowest BCUT2D eigenvalue weighted by molar-refractivity contribution is -0.131. The van der Waals surface area contributed by atoms with Crippen molar-refractivity contribution in [2.45, 2.75) is 6.92 Å². The molecule has 0 saturated carbocycles. The molecule has 0 aliphatic carbocycles. The number of ether oxygens (including phenoxy) is 1. The first-order chi connectivity index (χ1) is 15.5. The maximum Gasteiger partial charge on any atom is 0.270 e. The van der Waals surface area contributed by atoms with E-state index in [2.05, 4.69) is 5.32 Å². The largest absolute Gasteiger partial charge is 0.457 e. The molecule has 2 amide bonds. The van der Waals surface area contributed by atoms with Crippen molar-refractivity contribution in [3.8, 4) is 11.3 Å². The van der Waals surface area contributed by atoms with Crippen molar-refractivity contribution in [3.63, 3.8) is 0 Å². The Morgan fingerprint density at radius 2 is 1.66 bits per heavy atom. The fourth-order valence-corrected chi connectivity index (χ4v) is 3.46. The number of furan rings is 1. The van der Waals surface area contributed by atoms with Gasteiger partial charge in [-0.1, -0.05) is 29.3 Å². The van der Waals surface area contributed by atoms with E-state index < -0.39 is 0 Å². The highest BCUT2D eigenvalue weighted by atomic mass is 35.5. The number of rotatable bonds is 5. The first-order valence-corrected chi connectivity index (χ1v) is 10.7. The number of nitrogens with zero attached hydrogens (tertiary/aromatic N) is 1. The molecule has 1 aliphatic rings. The van der Waals surface area contributed by atoms with E-state index in [0.717, 1.165) is 11.1 Å². The lowest BCUT2D eigenvalue weighted by atomic mass is 10.1. The molecule has 164 valence electrons. The summed E-state index contributed by atoms with van der Waals surface area (Å²) in [4.78, 5) is 27.6. The van der Waals surface area contributed by atoms with Gasteiger partial charge in [-0.25, -0.2) is 0 Å². The van der Waals surface area contributed by atoms with Gasteiger partial charge < -0.3 is 19.4 Å². The summed E-state index contributed by atoms with van der Waals surface area (Å²) in [5, 5.41) is 3.40. The number of aryl methyl sites for hydroxylation is 1. The second kappa shape index (κ2) is 9.85. The highest BCUT2D eigenvalue weighted by Gasteiger charge is 2.23. The molecular weight excluding hydrogens is 428 g/mol. The Balaban J connectivity index is 1.61. The van der Waals surface area contributed by atoms with Crippen LogP contribution < -0.4 is 5.32 Å². The van der Waals surface area contributed by atoms with E-state index in [-0.39, 0.29) is 17.5 Å². The van der Waals surface area contributed by atoms with Crippen molar-refractivity contribution in [2.75, 3.05) is 26.3 Å². The zero-order valence-electron chi connectivity index (χ0n) is 17.6. The fraction of sp³-hybridized carbons (Fsp3) is 0.200. The second-order valence-electron chi connectivity index (χ2n) is 7.49. The molecule has 7 heteroatoms. The van der Waals surface area contributed by atoms with Crippen molar-refractivity contribution in [3.05, 3.63) is 88.3 Å². The summed E-state index contributed by atoms with van der Waals surface area (Å²) in [6.45, 7) is 3.80. The number of carbonyl (C=O) groups excluding carboxylic acids is 2. The zero-order valence-corrected chi connectivity index (χ0v) is 18.4.